The molecule has 0 radical (unpaired) electrons. The van der Waals surface area contributed by atoms with E-state index in [1.165, 1.54) is 12.1 Å². The third kappa shape index (κ3) is 3.84. The highest BCUT2D eigenvalue weighted by Gasteiger charge is 2.04. The number of aromatic nitrogens is 2. The molecule has 0 spiro atoms. The van der Waals surface area contributed by atoms with Gasteiger partial charge >= 0.3 is 0 Å². The topological polar surface area (TPSA) is 73.6 Å². The predicted octanol–water partition coefficient (Wildman–Crippen LogP) is 4.28. The minimum Gasteiger partial charge on any atom is -0.340 e. The number of hydrogen-bond donors (Lipinski definition) is 2. The summed E-state index contributed by atoms with van der Waals surface area (Å²) in [6.45, 7) is 1.86. The first-order chi connectivity index (χ1) is 11.6. The van der Waals surface area contributed by atoms with Gasteiger partial charge in [0.05, 0.1) is 11.6 Å². The van der Waals surface area contributed by atoms with Crippen LogP contribution in [0.1, 0.15) is 11.3 Å². The normalized spacial score (nSPS) is 10.0. The monoisotopic (exact) mass is 319 g/mol. The number of hydrogen-bond acceptors (Lipinski definition) is 5. The van der Waals surface area contributed by atoms with Gasteiger partial charge in [0.15, 0.2) is 0 Å². The molecule has 0 bridgehead atoms. The zero-order chi connectivity index (χ0) is 16.9. The van der Waals surface area contributed by atoms with Crippen molar-refractivity contribution in [1.29, 1.82) is 5.26 Å². The molecule has 118 valence electrons. The van der Waals surface area contributed by atoms with E-state index in [2.05, 4.69) is 26.7 Å². The molecule has 1 heterocycles. The molecule has 6 heteroatoms. The fraction of sp³-hybridized carbons (Fsp3) is 0.0556. The molecule has 24 heavy (non-hydrogen) atoms. The number of benzene rings is 2. The Bertz CT molecular complexity index is 900. The Labute approximate surface area is 138 Å². The van der Waals surface area contributed by atoms with E-state index in [0.717, 1.165) is 11.4 Å². The van der Waals surface area contributed by atoms with Gasteiger partial charge in [0.25, 0.3) is 0 Å². The van der Waals surface area contributed by atoms with Gasteiger partial charge in [-0.2, -0.15) is 10.2 Å². The Kier molecular flexibility index (Phi) is 4.34. The van der Waals surface area contributed by atoms with Crippen molar-refractivity contribution in [3.8, 4) is 6.07 Å². The molecule has 1 aromatic heterocycles. The summed E-state index contributed by atoms with van der Waals surface area (Å²) in [6.07, 6.45) is 0. The second-order valence-corrected chi connectivity index (χ2v) is 5.17. The van der Waals surface area contributed by atoms with Crippen LogP contribution < -0.4 is 10.6 Å². The lowest BCUT2D eigenvalue weighted by molar-refractivity contribution is 0.628. The number of aryl methyl sites for hydroxylation is 1. The van der Waals surface area contributed by atoms with E-state index in [9.17, 15) is 4.39 Å². The van der Waals surface area contributed by atoms with Crippen LogP contribution in [0.5, 0.6) is 0 Å². The second kappa shape index (κ2) is 6.75. The first-order valence-electron chi connectivity index (χ1n) is 7.28. The lowest BCUT2D eigenvalue weighted by atomic mass is 10.2. The summed E-state index contributed by atoms with van der Waals surface area (Å²) in [4.78, 5) is 8.71. The Morgan fingerprint density at radius 1 is 0.958 bits per heavy atom. The molecule has 0 saturated carbocycles. The predicted molar refractivity (Wildman–Crippen MR) is 90.9 cm³/mol. The molecule has 0 atom stereocenters. The van der Waals surface area contributed by atoms with Crippen LogP contribution in [0.15, 0.2) is 54.6 Å². The first kappa shape index (κ1) is 15.4. The summed E-state index contributed by atoms with van der Waals surface area (Å²) in [5.41, 5.74) is 2.79. The molecular formula is C18H14FN5. The zero-order valence-electron chi connectivity index (χ0n) is 12.9. The molecule has 0 fully saturated rings. The van der Waals surface area contributed by atoms with Crippen LogP contribution in [0.25, 0.3) is 0 Å². The van der Waals surface area contributed by atoms with E-state index in [4.69, 9.17) is 5.26 Å². The minimum absolute atomic E-state index is 0.301. The average Bonchev–Trinajstić information content (AvgIpc) is 2.56. The number of nitrogens with zero attached hydrogens (tertiary/aromatic N) is 3. The van der Waals surface area contributed by atoms with Crippen LogP contribution in [-0.4, -0.2) is 9.97 Å². The third-order valence-corrected chi connectivity index (χ3v) is 3.22. The molecule has 0 aliphatic carbocycles. The van der Waals surface area contributed by atoms with Gasteiger partial charge in [-0.15, -0.1) is 0 Å². The lowest BCUT2D eigenvalue weighted by Crippen LogP contribution is -2.02. The van der Waals surface area contributed by atoms with Gasteiger partial charge in [0.2, 0.25) is 5.95 Å². The van der Waals surface area contributed by atoms with Crippen LogP contribution in [0.2, 0.25) is 0 Å². The Balaban J connectivity index is 1.83. The summed E-state index contributed by atoms with van der Waals surface area (Å²) in [5.74, 6) is 0.702. The van der Waals surface area contributed by atoms with Gasteiger partial charge in [-0.05, 0) is 49.4 Å². The van der Waals surface area contributed by atoms with Crippen LogP contribution in [0, 0.1) is 24.1 Å². The number of halogens is 1. The number of rotatable bonds is 4. The maximum absolute atomic E-state index is 13.0. The Hall–Kier alpha value is -3.46. The molecule has 5 nitrogen and oxygen atoms in total. The van der Waals surface area contributed by atoms with Crippen LogP contribution in [0.4, 0.5) is 27.5 Å². The lowest BCUT2D eigenvalue weighted by Gasteiger charge is -2.10. The quantitative estimate of drug-likeness (QED) is 0.750. The summed E-state index contributed by atoms with van der Waals surface area (Å²) in [6, 6.07) is 17.0. The van der Waals surface area contributed by atoms with Crippen molar-refractivity contribution in [2.45, 2.75) is 6.92 Å². The molecule has 2 aromatic carbocycles. The summed E-state index contributed by atoms with van der Waals surface area (Å²) in [5, 5.41) is 15.2. The van der Waals surface area contributed by atoms with Gasteiger partial charge in [-0.25, -0.2) is 9.37 Å². The molecule has 0 aliphatic heterocycles. The van der Waals surface area contributed by atoms with Crippen molar-refractivity contribution >= 4 is 23.1 Å². The van der Waals surface area contributed by atoms with E-state index in [1.807, 2.05) is 13.0 Å². The zero-order valence-corrected chi connectivity index (χ0v) is 12.9. The van der Waals surface area contributed by atoms with Crippen molar-refractivity contribution in [3.63, 3.8) is 0 Å². The maximum atomic E-state index is 13.0. The van der Waals surface area contributed by atoms with Gasteiger partial charge in [-0.3, -0.25) is 0 Å². The van der Waals surface area contributed by atoms with Crippen LogP contribution in [0.3, 0.4) is 0 Å². The molecule has 0 unspecified atom stereocenters. The third-order valence-electron chi connectivity index (χ3n) is 3.22. The summed E-state index contributed by atoms with van der Waals surface area (Å²) in [7, 11) is 0. The van der Waals surface area contributed by atoms with Crippen molar-refractivity contribution in [2.24, 2.45) is 0 Å². The Morgan fingerprint density at radius 2 is 1.75 bits per heavy atom. The van der Waals surface area contributed by atoms with E-state index < -0.39 is 0 Å². The van der Waals surface area contributed by atoms with Gasteiger partial charge < -0.3 is 10.6 Å². The number of nitriles is 1. The van der Waals surface area contributed by atoms with Crippen molar-refractivity contribution < 1.29 is 4.39 Å². The molecule has 0 amide bonds. The summed E-state index contributed by atoms with van der Waals surface area (Å²) >= 11 is 0. The van der Waals surface area contributed by atoms with Gasteiger partial charge in [0.1, 0.15) is 11.6 Å². The fourth-order valence-corrected chi connectivity index (χ4v) is 2.17. The SMILES string of the molecule is Cc1cc(Nc2cccc(C#N)c2)nc(Nc2ccc(F)cc2)n1. The second-order valence-electron chi connectivity index (χ2n) is 5.17. The van der Waals surface area contributed by atoms with E-state index >= 15 is 0 Å². The van der Waals surface area contributed by atoms with Gasteiger partial charge in [0, 0.05) is 23.1 Å². The average molecular weight is 319 g/mol. The van der Waals surface area contributed by atoms with Crippen LogP contribution >= 0.6 is 0 Å². The fourth-order valence-electron chi connectivity index (χ4n) is 2.17. The summed E-state index contributed by atoms with van der Waals surface area (Å²) < 4.78 is 13.0. The van der Waals surface area contributed by atoms with E-state index in [1.54, 1.807) is 36.4 Å². The number of anilines is 4. The highest BCUT2D eigenvalue weighted by atomic mass is 19.1. The van der Waals surface area contributed by atoms with Crippen molar-refractivity contribution in [3.05, 3.63) is 71.7 Å². The standard InChI is InChI=1S/C18H14FN5/c1-12-9-17(22-16-4-2-3-13(10-16)11-20)24-18(21-12)23-15-7-5-14(19)6-8-15/h2-10H,1H3,(H2,21,22,23,24). The molecule has 3 rings (SSSR count). The molecule has 3 aromatic rings. The smallest absolute Gasteiger partial charge is 0.229 e. The van der Waals surface area contributed by atoms with E-state index in [0.29, 0.717) is 23.0 Å². The van der Waals surface area contributed by atoms with Crippen molar-refractivity contribution in [1.82, 2.24) is 9.97 Å². The number of nitrogens with one attached hydrogen (secondary N) is 2. The maximum Gasteiger partial charge on any atom is 0.229 e. The highest BCUT2D eigenvalue weighted by molar-refractivity contribution is 5.61. The largest absolute Gasteiger partial charge is 0.340 e. The molecule has 2 N–H and O–H groups in total. The Morgan fingerprint density at radius 3 is 2.50 bits per heavy atom. The van der Waals surface area contributed by atoms with E-state index in [-0.39, 0.29) is 5.82 Å². The van der Waals surface area contributed by atoms with Crippen LogP contribution in [-0.2, 0) is 0 Å². The molecule has 0 aliphatic rings. The molecule has 0 saturated heterocycles. The van der Waals surface area contributed by atoms with Gasteiger partial charge in [-0.1, -0.05) is 6.07 Å². The van der Waals surface area contributed by atoms with Crippen molar-refractivity contribution in [2.75, 3.05) is 10.6 Å². The molecular weight excluding hydrogens is 305 g/mol. The highest BCUT2D eigenvalue weighted by Crippen LogP contribution is 2.20. The minimum atomic E-state index is -0.301. The first-order valence-corrected chi connectivity index (χ1v) is 7.28.